The third-order valence-electron chi connectivity index (χ3n) is 2.19. The summed E-state index contributed by atoms with van der Waals surface area (Å²) in [6.07, 6.45) is 1.47. The predicted molar refractivity (Wildman–Crippen MR) is 61.1 cm³/mol. The largest absolute Gasteiger partial charge is 0.382 e. The first-order chi connectivity index (χ1) is 8.22. The lowest BCUT2D eigenvalue weighted by molar-refractivity contribution is 0.0701. The van der Waals surface area contributed by atoms with Crippen molar-refractivity contribution in [2.75, 3.05) is 5.73 Å². The van der Waals surface area contributed by atoms with Crippen molar-refractivity contribution < 1.29 is 10.0 Å². The molecule has 6 heteroatoms. The smallest absolute Gasteiger partial charge is 0.297 e. The number of hydroxylamine groups is 1. The molecule has 4 N–H and O–H groups in total. The van der Waals surface area contributed by atoms with Crippen molar-refractivity contribution in [1.82, 2.24) is 15.4 Å². The highest BCUT2D eigenvalue weighted by atomic mass is 16.5. The molecule has 1 heterocycles. The highest BCUT2D eigenvalue weighted by Crippen LogP contribution is 2.17. The highest BCUT2D eigenvalue weighted by molar-refractivity contribution is 5.95. The van der Waals surface area contributed by atoms with Gasteiger partial charge in [-0.2, -0.15) is 0 Å². The van der Waals surface area contributed by atoms with Crippen molar-refractivity contribution in [2.24, 2.45) is 0 Å². The monoisotopic (exact) mass is 230 g/mol. The second kappa shape index (κ2) is 4.58. The Kier molecular flexibility index (Phi) is 2.97. The molecule has 0 bridgehead atoms. The molecular formula is C11H10N4O2. The van der Waals surface area contributed by atoms with Gasteiger partial charge in [0.25, 0.3) is 5.91 Å². The molecule has 0 unspecified atom stereocenters. The van der Waals surface area contributed by atoms with E-state index >= 15 is 0 Å². The number of carbonyl (C=O) groups excluding carboxylic acids is 1. The minimum Gasteiger partial charge on any atom is -0.382 e. The molecule has 0 aliphatic heterocycles. The number of aromatic nitrogens is 2. The van der Waals surface area contributed by atoms with Crippen LogP contribution in [0.25, 0.3) is 11.3 Å². The number of rotatable bonds is 2. The summed E-state index contributed by atoms with van der Waals surface area (Å²) >= 11 is 0. The number of amides is 1. The van der Waals surface area contributed by atoms with Crippen molar-refractivity contribution in [3.63, 3.8) is 0 Å². The van der Waals surface area contributed by atoms with Crippen molar-refractivity contribution in [3.05, 3.63) is 42.2 Å². The Hall–Kier alpha value is -2.47. The first kappa shape index (κ1) is 11.0. The van der Waals surface area contributed by atoms with Crippen molar-refractivity contribution in [1.29, 1.82) is 0 Å². The lowest BCUT2D eigenvalue weighted by Gasteiger charge is -2.05. The number of benzene rings is 1. The number of anilines is 1. The number of nitrogens with zero attached hydrogens (tertiary/aromatic N) is 2. The third kappa shape index (κ3) is 2.21. The lowest BCUT2D eigenvalue weighted by atomic mass is 10.1. The Morgan fingerprint density at radius 3 is 2.65 bits per heavy atom. The molecule has 0 aliphatic rings. The van der Waals surface area contributed by atoms with Crippen molar-refractivity contribution >= 4 is 11.7 Å². The van der Waals surface area contributed by atoms with Crippen LogP contribution in [0.5, 0.6) is 0 Å². The number of carbonyl (C=O) groups is 1. The van der Waals surface area contributed by atoms with E-state index in [-0.39, 0.29) is 11.5 Å². The molecule has 0 saturated heterocycles. The molecule has 6 nitrogen and oxygen atoms in total. The van der Waals surface area contributed by atoms with E-state index in [2.05, 4.69) is 9.97 Å². The SMILES string of the molecule is Nc1ncc(-c2ccccc2)nc1C(=O)NO. The van der Waals surface area contributed by atoms with Crippen LogP contribution in [0.4, 0.5) is 5.82 Å². The summed E-state index contributed by atoms with van der Waals surface area (Å²) < 4.78 is 0. The summed E-state index contributed by atoms with van der Waals surface area (Å²) in [7, 11) is 0. The molecule has 86 valence electrons. The number of nitrogen functional groups attached to an aromatic ring is 1. The van der Waals surface area contributed by atoms with E-state index in [9.17, 15) is 4.79 Å². The van der Waals surface area contributed by atoms with Crippen LogP contribution < -0.4 is 11.2 Å². The van der Waals surface area contributed by atoms with Crippen molar-refractivity contribution in [3.8, 4) is 11.3 Å². The van der Waals surface area contributed by atoms with Gasteiger partial charge < -0.3 is 5.73 Å². The van der Waals surface area contributed by atoms with Gasteiger partial charge in [0.15, 0.2) is 11.5 Å². The van der Waals surface area contributed by atoms with E-state index in [0.29, 0.717) is 5.69 Å². The zero-order valence-electron chi connectivity index (χ0n) is 8.79. The maximum atomic E-state index is 11.3. The fourth-order valence-corrected chi connectivity index (χ4v) is 1.37. The molecule has 0 aliphatic carbocycles. The van der Waals surface area contributed by atoms with Crippen molar-refractivity contribution in [2.45, 2.75) is 0 Å². The van der Waals surface area contributed by atoms with Crippen LogP contribution in [0.15, 0.2) is 36.5 Å². The summed E-state index contributed by atoms with van der Waals surface area (Å²) in [6.45, 7) is 0. The van der Waals surface area contributed by atoms with Crippen LogP contribution in [0, 0.1) is 0 Å². The number of nitrogens with one attached hydrogen (secondary N) is 1. The van der Waals surface area contributed by atoms with E-state index in [4.69, 9.17) is 10.9 Å². The Morgan fingerprint density at radius 2 is 2.00 bits per heavy atom. The van der Waals surface area contributed by atoms with Gasteiger partial charge in [0.2, 0.25) is 0 Å². The van der Waals surface area contributed by atoms with Gasteiger partial charge in [-0.3, -0.25) is 10.0 Å². The topological polar surface area (TPSA) is 101 Å². The molecule has 2 aromatic rings. The zero-order chi connectivity index (χ0) is 12.3. The molecular weight excluding hydrogens is 220 g/mol. The quantitative estimate of drug-likeness (QED) is 0.524. The first-order valence-corrected chi connectivity index (χ1v) is 4.84. The fraction of sp³-hybridized carbons (Fsp3) is 0. The normalized spacial score (nSPS) is 9.94. The fourth-order valence-electron chi connectivity index (χ4n) is 1.37. The summed E-state index contributed by atoms with van der Waals surface area (Å²) in [5.41, 5.74) is 8.20. The highest BCUT2D eigenvalue weighted by Gasteiger charge is 2.13. The van der Waals surface area contributed by atoms with E-state index in [1.165, 1.54) is 11.7 Å². The van der Waals surface area contributed by atoms with Crippen LogP contribution in [0.1, 0.15) is 10.5 Å². The minimum absolute atomic E-state index is 0.0313. The molecule has 0 spiro atoms. The zero-order valence-corrected chi connectivity index (χ0v) is 8.79. The van der Waals surface area contributed by atoms with Crippen LogP contribution in [0.3, 0.4) is 0 Å². The Bertz CT molecular complexity index is 542. The Morgan fingerprint density at radius 1 is 1.29 bits per heavy atom. The van der Waals surface area contributed by atoms with Crippen LogP contribution in [-0.2, 0) is 0 Å². The summed E-state index contributed by atoms with van der Waals surface area (Å²) in [4.78, 5) is 19.2. The van der Waals surface area contributed by atoms with Gasteiger partial charge in [-0.05, 0) is 0 Å². The van der Waals surface area contributed by atoms with E-state index in [1.807, 2.05) is 30.3 Å². The molecule has 0 fully saturated rings. The second-order valence-electron chi connectivity index (χ2n) is 3.30. The first-order valence-electron chi connectivity index (χ1n) is 4.84. The van der Waals surface area contributed by atoms with Gasteiger partial charge in [0.1, 0.15) is 0 Å². The van der Waals surface area contributed by atoms with E-state index in [0.717, 1.165) is 5.56 Å². The van der Waals surface area contributed by atoms with Gasteiger partial charge in [-0.15, -0.1) is 0 Å². The maximum Gasteiger partial charge on any atom is 0.297 e. The number of nitrogens with two attached hydrogens (primary N) is 1. The third-order valence-corrected chi connectivity index (χ3v) is 2.19. The second-order valence-corrected chi connectivity index (χ2v) is 3.30. The molecule has 0 atom stereocenters. The summed E-state index contributed by atoms with van der Waals surface area (Å²) in [5.74, 6) is -0.816. The van der Waals surface area contributed by atoms with Gasteiger partial charge in [0.05, 0.1) is 11.9 Å². The van der Waals surface area contributed by atoms with Gasteiger partial charge in [-0.25, -0.2) is 15.4 Å². The molecule has 0 saturated carbocycles. The van der Waals surface area contributed by atoms with E-state index in [1.54, 1.807) is 0 Å². The summed E-state index contributed by atoms with van der Waals surface area (Å²) in [6, 6.07) is 9.23. The predicted octanol–water partition coefficient (Wildman–Crippen LogP) is 0.845. The van der Waals surface area contributed by atoms with Gasteiger partial charge >= 0.3 is 0 Å². The van der Waals surface area contributed by atoms with Crippen LogP contribution >= 0.6 is 0 Å². The minimum atomic E-state index is -0.784. The Labute approximate surface area is 97.1 Å². The molecule has 1 amide bonds. The van der Waals surface area contributed by atoms with Gasteiger partial charge in [-0.1, -0.05) is 30.3 Å². The average molecular weight is 230 g/mol. The maximum absolute atomic E-state index is 11.3. The Balaban J connectivity index is 2.48. The number of hydrogen-bond acceptors (Lipinski definition) is 5. The molecule has 1 aromatic heterocycles. The molecule has 0 radical (unpaired) electrons. The van der Waals surface area contributed by atoms with E-state index < -0.39 is 5.91 Å². The van der Waals surface area contributed by atoms with Crippen LogP contribution in [-0.4, -0.2) is 21.1 Å². The average Bonchev–Trinajstić information content (AvgIpc) is 2.39. The molecule has 1 aromatic carbocycles. The van der Waals surface area contributed by atoms with Crippen LogP contribution in [0.2, 0.25) is 0 Å². The molecule has 2 rings (SSSR count). The molecule has 17 heavy (non-hydrogen) atoms. The summed E-state index contributed by atoms with van der Waals surface area (Å²) in [5, 5.41) is 8.55. The standard InChI is InChI=1S/C11H10N4O2/c12-10-9(11(16)15-17)14-8(6-13-10)7-4-2-1-3-5-7/h1-6,17H,(H2,12,13)(H,15,16). The number of hydrogen-bond donors (Lipinski definition) is 3. The lowest BCUT2D eigenvalue weighted by Crippen LogP contribution is -2.22. The van der Waals surface area contributed by atoms with Gasteiger partial charge in [0, 0.05) is 5.56 Å².